The molecule has 0 saturated heterocycles. The summed E-state index contributed by atoms with van der Waals surface area (Å²) in [5, 5.41) is 4.66. The second-order valence-corrected chi connectivity index (χ2v) is 12.9. The molecule has 0 aliphatic rings. The first-order valence-electron chi connectivity index (χ1n) is 13.2. The summed E-state index contributed by atoms with van der Waals surface area (Å²) >= 11 is 9.75. The molecule has 0 bridgehead atoms. The predicted molar refractivity (Wildman–Crippen MR) is 174 cm³/mol. The van der Waals surface area contributed by atoms with Gasteiger partial charge in [0.15, 0.2) is 11.5 Å². The highest BCUT2D eigenvalue weighted by molar-refractivity contribution is 9.10. The largest absolute Gasteiger partial charge is 0.493 e. The van der Waals surface area contributed by atoms with Crippen molar-refractivity contribution in [2.24, 2.45) is 5.10 Å². The Hall–Kier alpha value is -3.86. The van der Waals surface area contributed by atoms with Gasteiger partial charge in [-0.3, -0.25) is 9.10 Å². The number of hydrogen-bond acceptors (Lipinski definition) is 6. The highest BCUT2D eigenvalue weighted by Crippen LogP contribution is 2.37. The average molecular weight is 685 g/mol. The molecule has 0 aliphatic heterocycles. The molecule has 8 nitrogen and oxygen atoms in total. The molecule has 0 atom stereocenters. The number of halogens is 2. The van der Waals surface area contributed by atoms with Crippen LogP contribution in [0.25, 0.3) is 0 Å². The maximum Gasteiger partial charge on any atom is 0.264 e. The van der Waals surface area contributed by atoms with E-state index in [0.29, 0.717) is 37.8 Å². The Kier molecular flexibility index (Phi) is 10.5. The molecule has 0 unspecified atom stereocenters. The molecule has 43 heavy (non-hydrogen) atoms. The Morgan fingerprint density at radius 3 is 2.40 bits per heavy atom. The molecular weight excluding hydrogens is 654 g/mol. The zero-order valence-corrected chi connectivity index (χ0v) is 27.3. The monoisotopic (exact) mass is 683 g/mol. The number of ether oxygens (including phenoxy) is 2. The number of nitrogens with zero attached hydrogens (tertiary/aromatic N) is 2. The number of hydrogen-bond donors (Lipinski definition) is 1. The molecule has 0 radical (unpaired) electrons. The van der Waals surface area contributed by atoms with Crippen LogP contribution in [0.1, 0.15) is 27.8 Å². The van der Waals surface area contributed by atoms with Crippen LogP contribution in [-0.2, 0) is 21.4 Å². The lowest BCUT2D eigenvalue weighted by atomic mass is 10.1. The quantitative estimate of drug-likeness (QED) is 0.136. The molecule has 11 heteroatoms. The van der Waals surface area contributed by atoms with Gasteiger partial charge in [-0.1, -0.05) is 59.6 Å². The van der Waals surface area contributed by atoms with E-state index in [9.17, 15) is 13.2 Å². The van der Waals surface area contributed by atoms with E-state index in [-0.39, 0.29) is 11.5 Å². The molecule has 0 saturated carbocycles. The number of amides is 1. The van der Waals surface area contributed by atoms with Crippen molar-refractivity contribution in [3.8, 4) is 11.5 Å². The number of carbonyl (C=O) groups excluding carboxylic acids is 1. The third-order valence-electron chi connectivity index (χ3n) is 6.51. The van der Waals surface area contributed by atoms with Crippen LogP contribution in [0.5, 0.6) is 11.5 Å². The molecule has 0 heterocycles. The van der Waals surface area contributed by atoms with Gasteiger partial charge in [0.2, 0.25) is 0 Å². The predicted octanol–water partition coefficient (Wildman–Crippen LogP) is 6.96. The van der Waals surface area contributed by atoms with Crippen LogP contribution in [0.4, 0.5) is 5.69 Å². The summed E-state index contributed by atoms with van der Waals surface area (Å²) in [5.41, 5.74) is 6.79. The van der Waals surface area contributed by atoms with Crippen LogP contribution in [-0.4, -0.2) is 34.2 Å². The Balaban J connectivity index is 1.52. The number of nitrogens with one attached hydrogen (secondary N) is 1. The normalized spacial score (nSPS) is 11.4. The van der Waals surface area contributed by atoms with Crippen LogP contribution in [0, 0.1) is 20.8 Å². The number of benzene rings is 4. The fourth-order valence-electron chi connectivity index (χ4n) is 4.19. The van der Waals surface area contributed by atoms with Crippen molar-refractivity contribution in [1.82, 2.24) is 5.43 Å². The topological polar surface area (TPSA) is 97.3 Å². The number of anilines is 1. The van der Waals surface area contributed by atoms with Gasteiger partial charge in [-0.2, -0.15) is 5.10 Å². The second kappa shape index (κ2) is 14.1. The molecule has 1 N–H and O–H groups in total. The number of rotatable bonds is 11. The van der Waals surface area contributed by atoms with Crippen molar-refractivity contribution in [2.75, 3.05) is 18.0 Å². The van der Waals surface area contributed by atoms with Crippen molar-refractivity contribution in [2.45, 2.75) is 32.3 Å². The zero-order chi connectivity index (χ0) is 31.1. The fourth-order valence-corrected chi connectivity index (χ4v) is 6.43. The van der Waals surface area contributed by atoms with Gasteiger partial charge in [-0.05, 0) is 89.8 Å². The van der Waals surface area contributed by atoms with E-state index in [2.05, 4.69) is 26.5 Å². The molecular formula is C32H31BrClN3O5S. The molecule has 1 amide bonds. The third-order valence-corrected chi connectivity index (χ3v) is 9.25. The summed E-state index contributed by atoms with van der Waals surface area (Å²) in [6.45, 7) is 5.30. The third kappa shape index (κ3) is 7.95. The van der Waals surface area contributed by atoms with Gasteiger partial charge in [0.25, 0.3) is 15.9 Å². The van der Waals surface area contributed by atoms with E-state index in [1.807, 2.05) is 44.2 Å². The number of sulfonamides is 1. The first-order chi connectivity index (χ1) is 20.5. The van der Waals surface area contributed by atoms with Gasteiger partial charge in [-0.25, -0.2) is 13.8 Å². The fraction of sp³-hybridized carbons (Fsp3) is 0.188. The van der Waals surface area contributed by atoms with Gasteiger partial charge >= 0.3 is 0 Å². The molecule has 0 aliphatic carbocycles. The Morgan fingerprint density at radius 1 is 1.00 bits per heavy atom. The van der Waals surface area contributed by atoms with Crippen LogP contribution in [0.15, 0.2) is 93.3 Å². The van der Waals surface area contributed by atoms with Crippen molar-refractivity contribution in [3.05, 3.63) is 116 Å². The van der Waals surface area contributed by atoms with Gasteiger partial charge < -0.3 is 9.47 Å². The van der Waals surface area contributed by atoms with E-state index in [4.69, 9.17) is 21.1 Å². The summed E-state index contributed by atoms with van der Waals surface area (Å²) in [5.74, 6) is 0.312. The molecule has 0 fully saturated rings. The van der Waals surface area contributed by atoms with Gasteiger partial charge in [-0.15, -0.1) is 0 Å². The first-order valence-corrected chi connectivity index (χ1v) is 15.8. The number of aryl methyl sites for hydroxylation is 3. The number of methoxy groups -OCH3 is 1. The lowest BCUT2D eigenvalue weighted by Gasteiger charge is -2.25. The maximum atomic E-state index is 13.7. The molecule has 4 aromatic carbocycles. The Bertz CT molecular complexity index is 1760. The Labute approximate surface area is 265 Å². The smallest absolute Gasteiger partial charge is 0.264 e. The van der Waals surface area contributed by atoms with Crippen molar-refractivity contribution in [3.63, 3.8) is 0 Å². The molecule has 4 rings (SSSR count). The lowest BCUT2D eigenvalue weighted by molar-refractivity contribution is -0.119. The zero-order valence-electron chi connectivity index (χ0n) is 24.1. The SMILES string of the molecule is COc1cc(/C=N\NC(=O)CN(c2cc(C)ccc2C)S(=O)(=O)c2ccc(C)cc2)cc(Br)c1OCc1ccccc1Cl. The van der Waals surface area contributed by atoms with Crippen LogP contribution in [0.3, 0.4) is 0 Å². The summed E-state index contributed by atoms with van der Waals surface area (Å²) in [4.78, 5) is 13.1. The van der Waals surface area contributed by atoms with E-state index in [1.54, 1.807) is 43.3 Å². The average Bonchev–Trinajstić information content (AvgIpc) is 2.97. The van der Waals surface area contributed by atoms with Crippen molar-refractivity contribution in [1.29, 1.82) is 0 Å². The highest BCUT2D eigenvalue weighted by atomic mass is 79.9. The lowest BCUT2D eigenvalue weighted by Crippen LogP contribution is -2.40. The molecule has 0 spiro atoms. The summed E-state index contributed by atoms with van der Waals surface area (Å²) in [7, 11) is -2.54. The number of hydrazone groups is 1. The summed E-state index contributed by atoms with van der Waals surface area (Å²) < 4.78 is 40.6. The highest BCUT2D eigenvalue weighted by Gasteiger charge is 2.28. The van der Waals surface area contributed by atoms with E-state index >= 15 is 0 Å². The molecule has 4 aromatic rings. The minimum Gasteiger partial charge on any atom is -0.493 e. The second-order valence-electron chi connectivity index (χ2n) is 9.82. The van der Waals surface area contributed by atoms with Crippen molar-refractivity contribution < 1.29 is 22.7 Å². The maximum absolute atomic E-state index is 13.7. The summed E-state index contributed by atoms with van der Waals surface area (Å²) in [6.07, 6.45) is 1.43. The van der Waals surface area contributed by atoms with Gasteiger partial charge in [0, 0.05) is 10.6 Å². The van der Waals surface area contributed by atoms with Gasteiger partial charge in [0.05, 0.1) is 28.4 Å². The van der Waals surface area contributed by atoms with Crippen molar-refractivity contribution >= 4 is 55.4 Å². The van der Waals surface area contributed by atoms with E-state index < -0.39 is 22.5 Å². The van der Waals surface area contributed by atoms with Crippen LogP contribution >= 0.6 is 27.5 Å². The molecule has 224 valence electrons. The van der Waals surface area contributed by atoms with E-state index in [0.717, 1.165) is 21.0 Å². The minimum atomic E-state index is -4.05. The number of carbonyl (C=O) groups is 1. The minimum absolute atomic E-state index is 0.0871. The van der Waals surface area contributed by atoms with E-state index in [1.165, 1.54) is 25.5 Å². The molecule has 0 aromatic heterocycles. The van der Waals surface area contributed by atoms with Crippen LogP contribution < -0.4 is 19.2 Å². The standard InChI is InChI=1S/C32H31BrClN3O5S/c1-21-10-13-26(14-11-21)43(39,40)37(29-15-22(2)9-12-23(29)3)19-31(38)36-35-18-24-16-27(33)32(30(17-24)41-4)42-20-25-7-5-6-8-28(25)34/h5-18H,19-20H2,1-4H3,(H,36,38)/b35-18-. The van der Waals surface area contributed by atoms with Crippen LogP contribution in [0.2, 0.25) is 5.02 Å². The van der Waals surface area contributed by atoms with Gasteiger partial charge in [0.1, 0.15) is 13.2 Å². The first kappa shape index (κ1) is 32.1. The summed E-state index contributed by atoms with van der Waals surface area (Å²) in [6, 6.07) is 22.8. The Morgan fingerprint density at radius 2 is 1.70 bits per heavy atom.